The molecule has 0 spiro atoms. The van der Waals surface area contributed by atoms with Gasteiger partial charge in [0.25, 0.3) is 0 Å². The summed E-state index contributed by atoms with van der Waals surface area (Å²) in [5.41, 5.74) is 1.79. The predicted molar refractivity (Wildman–Crippen MR) is 77.3 cm³/mol. The number of hydrogen-bond acceptors (Lipinski definition) is 4. The molecule has 0 saturated carbocycles. The highest BCUT2D eigenvalue weighted by Gasteiger charge is 2.26. The van der Waals surface area contributed by atoms with Crippen LogP contribution in [-0.2, 0) is 17.8 Å². The summed E-state index contributed by atoms with van der Waals surface area (Å²) in [5.74, 6) is 0.279. The number of tetrazole rings is 1. The zero-order chi connectivity index (χ0) is 15.5. The molecule has 7 heteroatoms. The summed E-state index contributed by atoms with van der Waals surface area (Å²) in [6.45, 7) is 3.44. The molecular formula is C15H18FN5O. The number of aryl methyl sites for hydroxylation is 1. The maximum Gasteiger partial charge on any atom is 0.244 e. The van der Waals surface area contributed by atoms with Gasteiger partial charge in [-0.05, 0) is 53.3 Å². The van der Waals surface area contributed by atoms with Crippen molar-refractivity contribution >= 4 is 5.91 Å². The van der Waals surface area contributed by atoms with Crippen LogP contribution in [0.15, 0.2) is 24.5 Å². The molecule has 6 nitrogen and oxygen atoms in total. The molecule has 0 bridgehead atoms. The Morgan fingerprint density at radius 2 is 2.32 bits per heavy atom. The molecule has 1 amide bonds. The van der Waals surface area contributed by atoms with Gasteiger partial charge in [-0.15, -0.1) is 5.10 Å². The third-order valence-corrected chi connectivity index (χ3v) is 4.07. The van der Waals surface area contributed by atoms with Gasteiger partial charge in [-0.2, -0.15) is 0 Å². The second-order valence-corrected chi connectivity index (χ2v) is 5.79. The maximum absolute atomic E-state index is 13.3. The molecule has 1 saturated heterocycles. The summed E-state index contributed by atoms with van der Waals surface area (Å²) in [6.07, 6.45) is 3.28. The van der Waals surface area contributed by atoms with Crippen molar-refractivity contribution < 1.29 is 9.18 Å². The molecule has 3 rings (SSSR count). The Morgan fingerprint density at radius 3 is 3.05 bits per heavy atom. The molecule has 1 unspecified atom stereocenters. The van der Waals surface area contributed by atoms with Crippen molar-refractivity contribution in [1.82, 2.24) is 25.1 Å². The smallest absolute Gasteiger partial charge is 0.244 e. The standard InChI is InChI=1S/C15H18FN5O/c1-11-6-12(2-3-14(11)16)7-13-4-5-20(8-13)15(22)9-21-10-17-18-19-21/h2-3,6,10,13H,4-5,7-9H2,1H3. The Labute approximate surface area is 127 Å². The van der Waals surface area contributed by atoms with Crippen molar-refractivity contribution in [2.75, 3.05) is 13.1 Å². The molecule has 2 aromatic rings. The Hall–Kier alpha value is -2.31. The minimum absolute atomic E-state index is 0.0325. The molecule has 1 aromatic carbocycles. The number of halogens is 1. The van der Waals surface area contributed by atoms with E-state index in [-0.39, 0.29) is 18.3 Å². The van der Waals surface area contributed by atoms with Gasteiger partial charge in [0.05, 0.1) is 0 Å². The Bertz CT molecular complexity index is 658. The normalized spacial score (nSPS) is 17.9. The first-order valence-electron chi connectivity index (χ1n) is 7.35. The van der Waals surface area contributed by atoms with Gasteiger partial charge in [-0.3, -0.25) is 4.79 Å². The molecule has 1 aromatic heterocycles. The molecule has 116 valence electrons. The van der Waals surface area contributed by atoms with E-state index in [2.05, 4.69) is 15.5 Å². The lowest BCUT2D eigenvalue weighted by molar-refractivity contribution is -0.131. The Kier molecular flexibility index (Phi) is 4.13. The van der Waals surface area contributed by atoms with E-state index in [1.807, 2.05) is 17.0 Å². The van der Waals surface area contributed by atoms with Crippen LogP contribution >= 0.6 is 0 Å². The first kappa shape index (κ1) is 14.6. The lowest BCUT2D eigenvalue weighted by atomic mass is 9.97. The van der Waals surface area contributed by atoms with Crippen molar-refractivity contribution in [3.8, 4) is 0 Å². The highest BCUT2D eigenvalue weighted by Crippen LogP contribution is 2.22. The summed E-state index contributed by atoms with van der Waals surface area (Å²) in [7, 11) is 0. The third kappa shape index (κ3) is 3.29. The van der Waals surface area contributed by atoms with Crippen LogP contribution in [0.2, 0.25) is 0 Å². The van der Waals surface area contributed by atoms with Gasteiger partial charge >= 0.3 is 0 Å². The van der Waals surface area contributed by atoms with Crippen molar-refractivity contribution in [3.05, 3.63) is 41.5 Å². The number of benzene rings is 1. The number of carbonyl (C=O) groups is 1. The summed E-state index contributed by atoms with van der Waals surface area (Å²) >= 11 is 0. The van der Waals surface area contributed by atoms with E-state index in [1.165, 1.54) is 17.1 Å². The van der Waals surface area contributed by atoms with Gasteiger partial charge in [-0.1, -0.05) is 12.1 Å². The number of hydrogen-bond donors (Lipinski definition) is 0. The van der Waals surface area contributed by atoms with Crippen LogP contribution in [0.25, 0.3) is 0 Å². The van der Waals surface area contributed by atoms with Crippen LogP contribution in [0.5, 0.6) is 0 Å². The number of aromatic nitrogens is 4. The first-order valence-corrected chi connectivity index (χ1v) is 7.35. The molecule has 0 radical (unpaired) electrons. The average molecular weight is 303 g/mol. The van der Waals surface area contributed by atoms with Crippen molar-refractivity contribution in [3.63, 3.8) is 0 Å². The van der Waals surface area contributed by atoms with Gasteiger partial charge in [0.15, 0.2) is 0 Å². The van der Waals surface area contributed by atoms with Crippen molar-refractivity contribution in [1.29, 1.82) is 0 Å². The lowest BCUT2D eigenvalue weighted by Gasteiger charge is -2.16. The molecular weight excluding hydrogens is 285 g/mol. The predicted octanol–water partition coefficient (Wildman–Crippen LogP) is 1.21. The number of amides is 1. The third-order valence-electron chi connectivity index (χ3n) is 4.07. The Balaban J connectivity index is 1.55. The molecule has 0 aliphatic carbocycles. The quantitative estimate of drug-likeness (QED) is 0.852. The van der Waals surface area contributed by atoms with Gasteiger partial charge in [0.1, 0.15) is 18.7 Å². The minimum Gasteiger partial charge on any atom is -0.341 e. The van der Waals surface area contributed by atoms with Crippen LogP contribution in [0.1, 0.15) is 17.5 Å². The first-order chi connectivity index (χ1) is 10.6. The zero-order valence-corrected chi connectivity index (χ0v) is 12.4. The molecule has 1 fully saturated rings. The average Bonchev–Trinajstić information content (AvgIpc) is 3.14. The molecule has 1 aliphatic rings. The van der Waals surface area contributed by atoms with Gasteiger partial charge in [0.2, 0.25) is 5.91 Å². The maximum atomic E-state index is 13.3. The fraction of sp³-hybridized carbons (Fsp3) is 0.467. The van der Waals surface area contributed by atoms with Crippen LogP contribution in [0.4, 0.5) is 4.39 Å². The van der Waals surface area contributed by atoms with Crippen molar-refractivity contribution in [2.24, 2.45) is 5.92 Å². The molecule has 0 N–H and O–H groups in total. The minimum atomic E-state index is -0.173. The largest absolute Gasteiger partial charge is 0.341 e. The number of likely N-dealkylation sites (tertiary alicyclic amines) is 1. The van der Waals surface area contributed by atoms with E-state index in [9.17, 15) is 9.18 Å². The SMILES string of the molecule is Cc1cc(CC2CCN(C(=O)Cn3cnnn3)C2)ccc1F. The van der Waals surface area contributed by atoms with E-state index in [1.54, 1.807) is 6.92 Å². The number of rotatable bonds is 4. The Morgan fingerprint density at radius 1 is 1.45 bits per heavy atom. The van der Waals surface area contributed by atoms with Gasteiger partial charge in [-0.25, -0.2) is 9.07 Å². The zero-order valence-electron chi connectivity index (χ0n) is 12.4. The summed E-state index contributed by atoms with van der Waals surface area (Å²) in [6, 6.07) is 5.23. The topological polar surface area (TPSA) is 63.9 Å². The van der Waals surface area contributed by atoms with Crippen molar-refractivity contribution in [2.45, 2.75) is 26.3 Å². The van der Waals surface area contributed by atoms with Gasteiger partial charge in [0, 0.05) is 13.1 Å². The fourth-order valence-electron chi connectivity index (χ4n) is 2.88. The summed E-state index contributed by atoms with van der Waals surface area (Å²) in [4.78, 5) is 14.0. The summed E-state index contributed by atoms with van der Waals surface area (Å²) < 4.78 is 14.7. The fourth-order valence-corrected chi connectivity index (χ4v) is 2.88. The second kappa shape index (κ2) is 6.21. The monoisotopic (exact) mass is 303 g/mol. The number of nitrogens with zero attached hydrogens (tertiary/aromatic N) is 5. The van der Waals surface area contributed by atoms with Gasteiger partial charge < -0.3 is 4.90 Å². The summed E-state index contributed by atoms with van der Waals surface area (Å²) in [5, 5.41) is 10.7. The van der Waals surface area contributed by atoms with Crippen LogP contribution in [-0.4, -0.2) is 44.1 Å². The van der Waals surface area contributed by atoms with E-state index in [4.69, 9.17) is 0 Å². The van der Waals surface area contributed by atoms with Crippen LogP contribution in [0, 0.1) is 18.7 Å². The molecule has 22 heavy (non-hydrogen) atoms. The molecule has 1 aliphatic heterocycles. The van der Waals surface area contributed by atoms with Crippen LogP contribution in [0.3, 0.4) is 0 Å². The molecule has 1 atom stereocenters. The second-order valence-electron chi connectivity index (χ2n) is 5.79. The highest BCUT2D eigenvalue weighted by molar-refractivity contribution is 5.76. The highest BCUT2D eigenvalue weighted by atomic mass is 19.1. The number of carbonyl (C=O) groups excluding carboxylic acids is 1. The molecule has 2 heterocycles. The lowest BCUT2D eigenvalue weighted by Crippen LogP contribution is -2.32. The van der Waals surface area contributed by atoms with E-state index in [0.29, 0.717) is 11.5 Å². The van der Waals surface area contributed by atoms with E-state index in [0.717, 1.165) is 31.5 Å². The van der Waals surface area contributed by atoms with E-state index < -0.39 is 0 Å². The van der Waals surface area contributed by atoms with Crippen LogP contribution < -0.4 is 0 Å². The van der Waals surface area contributed by atoms with E-state index >= 15 is 0 Å².